The zero-order valence-corrected chi connectivity index (χ0v) is 11.3. The second kappa shape index (κ2) is 5.82. The molecule has 0 aromatic heterocycles. The van der Waals surface area contributed by atoms with Crippen molar-refractivity contribution in [3.63, 3.8) is 0 Å². The van der Waals surface area contributed by atoms with Gasteiger partial charge < -0.3 is 11.1 Å². The Hall–Kier alpha value is -1.36. The second-order valence-electron chi connectivity index (χ2n) is 4.08. The Labute approximate surface area is 109 Å². The highest BCUT2D eigenvalue weighted by Gasteiger charge is 2.22. The number of carbonyl (C=O) groups excluding carboxylic acids is 2. The highest BCUT2D eigenvalue weighted by atomic mass is 79.9. The monoisotopic (exact) mass is 298 g/mol. The number of halogens is 1. The molecule has 2 amide bonds. The van der Waals surface area contributed by atoms with Crippen LogP contribution >= 0.6 is 15.9 Å². The van der Waals surface area contributed by atoms with Crippen LogP contribution in [0.25, 0.3) is 0 Å². The molecule has 0 saturated heterocycles. The Morgan fingerprint density at radius 3 is 2.35 bits per heavy atom. The van der Waals surface area contributed by atoms with Crippen LogP contribution in [0.1, 0.15) is 24.2 Å². The predicted molar refractivity (Wildman–Crippen MR) is 69.4 cm³/mol. The molecule has 1 unspecified atom stereocenters. The largest absolute Gasteiger partial charge is 0.368 e. The summed E-state index contributed by atoms with van der Waals surface area (Å²) in [6.45, 7) is 3.66. The van der Waals surface area contributed by atoms with Gasteiger partial charge in [0.1, 0.15) is 6.04 Å². The first-order valence-corrected chi connectivity index (χ1v) is 6.07. The van der Waals surface area contributed by atoms with E-state index >= 15 is 0 Å². The molecule has 5 heteroatoms. The van der Waals surface area contributed by atoms with Gasteiger partial charge in [-0.3, -0.25) is 9.59 Å². The van der Waals surface area contributed by atoms with E-state index in [0.29, 0.717) is 10.0 Å². The smallest absolute Gasteiger partial charge is 0.253 e. The van der Waals surface area contributed by atoms with Crippen LogP contribution in [0.3, 0.4) is 0 Å². The molecule has 0 radical (unpaired) electrons. The molecule has 92 valence electrons. The Morgan fingerprint density at radius 2 is 1.88 bits per heavy atom. The summed E-state index contributed by atoms with van der Waals surface area (Å²) < 4.78 is 0.685. The third kappa shape index (κ3) is 3.56. The van der Waals surface area contributed by atoms with Gasteiger partial charge in [-0.2, -0.15) is 0 Å². The Morgan fingerprint density at radius 1 is 1.29 bits per heavy atom. The van der Waals surface area contributed by atoms with Crippen molar-refractivity contribution >= 4 is 27.7 Å². The van der Waals surface area contributed by atoms with Crippen molar-refractivity contribution in [3.05, 3.63) is 34.3 Å². The number of benzene rings is 1. The molecule has 0 bridgehead atoms. The maximum atomic E-state index is 11.9. The van der Waals surface area contributed by atoms with E-state index in [1.807, 2.05) is 19.9 Å². The normalized spacial score (nSPS) is 12.2. The van der Waals surface area contributed by atoms with Gasteiger partial charge in [0.05, 0.1) is 5.56 Å². The van der Waals surface area contributed by atoms with Crippen LogP contribution in [0.4, 0.5) is 0 Å². The quantitative estimate of drug-likeness (QED) is 0.888. The molecule has 4 nitrogen and oxygen atoms in total. The molecule has 1 aromatic rings. The molecular weight excluding hydrogens is 284 g/mol. The van der Waals surface area contributed by atoms with E-state index in [4.69, 9.17) is 5.73 Å². The van der Waals surface area contributed by atoms with Crippen LogP contribution in [0.5, 0.6) is 0 Å². The second-order valence-corrected chi connectivity index (χ2v) is 4.93. The lowest BCUT2D eigenvalue weighted by molar-refractivity contribution is -0.120. The summed E-state index contributed by atoms with van der Waals surface area (Å²) in [5, 5.41) is 2.63. The molecule has 1 atom stereocenters. The lowest BCUT2D eigenvalue weighted by Gasteiger charge is -2.19. The average molecular weight is 299 g/mol. The Bertz CT molecular complexity index is 432. The number of hydrogen-bond donors (Lipinski definition) is 2. The summed E-state index contributed by atoms with van der Waals surface area (Å²) in [6, 6.07) is 6.36. The average Bonchev–Trinajstić information content (AvgIpc) is 2.25. The summed E-state index contributed by atoms with van der Waals surface area (Å²) in [6.07, 6.45) is 0. The highest BCUT2D eigenvalue weighted by Crippen LogP contribution is 2.16. The van der Waals surface area contributed by atoms with Crippen LogP contribution in [0.2, 0.25) is 0 Å². The molecule has 17 heavy (non-hydrogen) atoms. The standard InChI is InChI=1S/C12H15BrN2O2/c1-7(2)10(11(14)16)15-12(17)8-5-3-4-6-9(8)13/h3-7,10H,1-2H3,(H2,14,16)(H,15,17). The van der Waals surface area contributed by atoms with E-state index in [9.17, 15) is 9.59 Å². The first-order valence-electron chi connectivity index (χ1n) is 5.28. The van der Waals surface area contributed by atoms with Crippen LogP contribution in [-0.4, -0.2) is 17.9 Å². The topological polar surface area (TPSA) is 72.2 Å². The predicted octanol–water partition coefficient (Wildman–Crippen LogP) is 1.69. The van der Waals surface area contributed by atoms with Gasteiger partial charge in [0.2, 0.25) is 5.91 Å². The van der Waals surface area contributed by atoms with Gasteiger partial charge in [0, 0.05) is 4.47 Å². The minimum absolute atomic E-state index is 0.0427. The lowest BCUT2D eigenvalue weighted by Crippen LogP contribution is -2.47. The third-order valence-electron chi connectivity index (χ3n) is 2.38. The van der Waals surface area contributed by atoms with Gasteiger partial charge in [-0.25, -0.2) is 0 Å². The van der Waals surface area contributed by atoms with Gasteiger partial charge in [0.25, 0.3) is 5.91 Å². The maximum absolute atomic E-state index is 11.9. The van der Waals surface area contributed by atoms with Gasteiger partial charge in [-0.15, -0.1) is 0 Å². The molecular formula is C12H15BrN2O2. The fourth-order valence-electron chi connectivity index (χ4n) is 1.43. The molecule has 0 aliphatic carbocycles. The van der Waals surface area contributed by atoms with Crippen LogP contribution in [0, 0.1) is 5.92 Å². The number of rotatable bonds is 4. The van der Waals surface area contributed by atoms with Crippen molar-refractivity contribution in [1.82, 2.24) is 5.32 Å². The molecule has 1 rings (SSSR count). The van der Waals surface area contributed by atoms with E-state index in [1.165, 1.54) is 0 Å². The molecule has 0 aliphatic rings. The van der Waals surface area contributed by atoms with Crippen molar-refractivity contribution in [1.29, 1.82) is 0 Å². The van der Waals surface area contributed by atoms with Crippen molar-refractivity contribution in [2.24, 2.45) is 11.7 Å². The number of nitrogens with one attached hydrogen (secondary N) is 1. The van der Waals surface area contributed by atoms with E-state index in [-0.39, 0.29) is 11.8 Å². The first-order chi connectivity index (χ1) is 7.93. The van der Waals surface area contributed by atoms with Crippen LogP contribution in [0.15, 0.2) is 28.7 Å². The van der Waals surface area contributed by atoms with Crippen LogP contribution in [-0.2, 0) is 4.79 Å². The molecule has 0 heterocycles. The summed E-state index contributed by atoms with van der Waals surface area (Å²) in [5.74, 6) is -0.880. The summed E-state index contributed by atoms with van der Waals surface area (Å²) in [5.41, 5.74) is 5.72. The maximum Gasteiger partial charge on any atom is 0.253 e. The van der Waals surface area contributed by atoms with E-state index in [0.717, 1.165) is 0 Å². The van der Waals surface area contributed by atoms with E-state index in [1.54, 1.807) is 18.2 Å². The van der Waals surface area contributed by atoms with Gasteiger partial charge in [0.15, 0.2) is 0 Å². The number of hydrogen-bond acceptors (Lipinski definition) is 2. The molecule has 0 saturated carbocycles. The van der Waals surface area contributed by atoms with Crippen molar-refractivity contribution < 1.29 is 9.59 Å². The molecule has 0 fully saturated rings. The van der Waals surface area contributed by atoms with Crippen molar-refractivity contribution in [2.75, 3.05) is 0 Å². The SMILES string of the molecule is CC(C)C(NC(=O)c1ccccc1Br)C(N)=O. The fraction of sp³-hybridized carbons (Fsp3) is 0.333. The molecule has 0 spiro atoms. The number of amides is 2. The summed E-state index contributed by atoms with van der Waals surface area (Å²) in [4.78, 5) is 23.1. The Kier molecular flexibility index (Phi) is 4.69. The lowest BCUT2D eigenvalue weighted by atomic mass is 10.0. The van der Waals surface area contributed by atoms with E-state index < -0.39 is 11.9 Å². The van der Waals surface area contributed by atoms with Gasteiger partial charge in [-0.1, -0.05) is 26.0 Å². The third-order valence-corrected chi connectivity index (χ3v) is 3.07. The number of carbonyl (C=O) groups is 2. The van der Waals surface area contributed by atoms with Crippen molar-refractivity contribution in [3.8, 4) is 0 Å². The van der Waals surface area contributed by atoms with Gasteiger partial charge in [-0.05, 0) is 34.0 Å². The van der Waals surface area contributed by atoms with E-state index in [2.05, 4.69) is 21.2 Å². The van der Waals surface area contributed by atoms with Crippen LogP contribution < -0.4 is 11.1 Å². The molecule has 3 N–H and O–H groups in total. The summed E-state index contributed by atoms with van der Waals surface area (Å²) in [7, 11) is 0. The fourth-order valence-corrected chi connectivity index (χ4v) is 1.90. The number of nitrogens with two attached hydrogens (primary N) is 1. The molecule has 1 aromatic carbocycles. The minimum Gasteiger partial charge on any atom is -0.368 e. The summed E-state index contributed by atoms with van der Waals surface area (Å²) >= 11 is 3.28. The first kappa shape index (κ1) is 13.7. The van der Waals surface area contributed by atoms with Gasteiger partial charge >= 0.3 is 0 Å². The minimum atomic E-state index is -0.658. The zero-order valence-electron chi connectivity index (χ0n) is 9.74. The zero-order chi connectivity index (χ0) is 13.0. The highest BCUT2D eigenvalue weighted by molar-refractivity contribution is 9.10. The molecule has 0 aliphatic heterocycles. The number of primary amides is 1. The van der Waals surface area contributed by atoms with Crippen molar-refractivity contribution in [2.45, 2.75) is 19.9 Å². The Balaban J connectivity index is 2.85.